The van der Waals surface area contributed by atoms with E-state index in [1.54, 1.807) is 10.4 Å². The van der Waals surface area contributed by atoms with Gasteiger partial charge in [0.05, 0.1) is 17.4 Å². The summed E-state index contributed by atoms with van der Waals surface area (Å²) in [5.74, 6) is -0.0938. The Kier molecular flexibility index (Phi) is 4.78. The van der Waals surface area contributed by atoms with Crippen molar-refractivity contribution in [2.75, 3.05) is 32.7 Å². The Morgan fingerprint density at radius 3 is 2.61 bits per heavy atom. The molecule has 1 aromatic rings. The van der Waals surface area contributed by atoms with Crippen LogP contribution in [0.5, 0.6) is 0 Å². The highest BCUT2D eigenvalue weighted by Gasteiger charge is 2.34. The molecule has 1 atom stereocenters. The smallest absolute Gasteiger partial charge is 0.220 e. The van der Waals surface area contributed by atoms with Crippen molar-refractivity contribution in [3.8, 4) is 0 Å². The Balaban J connectivity index is 1.48. The van der Waals surface area contributed by atoms with Gasteiger partial charge in [-0.1, -0.05) is 5.16 Å². The fourth-order valence-corrected chi connectivity index (χ4v) is 4.70. The molecule has 3 heterocycles. The molecule has 0 unspecified atom stereocenters. The van der Waals surface area contributed by atoms with Gasteiger partial charge in [-0.15, -0.1) is 0 Å². The van der Waals surface area contributed by atoms with Crippen LogP contribution in [0, 0.1) is 0 Å². The van der Waals surface area contributed by atoms with Crippen LogP contribution in [0.4, 0.5) is 0 Å². The van der Waals surface area contributed by atoms with Crippen molar-refractivity contribution in [3.05, 3.63) is 18.0 Å². The largest absolute Gasteiger partial charge is 0.371 e. The first-order valence-corrected chi connectivity index (χ1v) is 9.72. The van der Waals surface area contributed by atoms with Gasteiger partial charge in [0.2, 0.25) is 10.0 Å². The molecule has 0 spiro atoms. The van der Waals surface area contributed by atoms with Gasteiger partial charge < -0.3 is 9.26 Å². The van der Waals surface area contributed by atoms with Crippen molar-refractivity contribution in [2.24, 2.45) is 0 Å². The number of hydrogen-bond donors (Lipinski definition) is 0. The quantitative estimate of drug-likeness (QED) is 0.796. The number of hydrogen-bond acceptors (Lipinski definition) is 6. The minimum Gasteiger partial charge on any atom is -0.371 e. The fraction of sp³-hybridized carbons (Fsp3) is 0.800. The second kappa shape index (κ2) is 6.51. The Morgan fingerprint density at radius 1 is 1.30 bits per heavy atom. The van der Waals surface area contributed by atoms with Gasteiger partial charge in [0.25, 0.3) is 0 Å². The zero-order valence-electron chi connectivity index (χ0n) is 13.8. The van der Waals surface area contributed by atoms with Crippen molar-refractivity contribution < 1.29 is 17.7 Å². The Bertz CT molecular complexity index is 607. The molecule has 0 aromatic carbocycles. The molecule has 0 amide bonds. The predicted molar refractivity (Wildman–Crippen MR) is 85.3 cm³/mol. The van der Waals surface area contributed by atoms with Gasteiger partial charge in [0.15, 0.2) is 0 Å². The molecule has 2 aliphatic rings. The molecule has 23 heavy (non-hydrogen) atoms. The van der Waals surface area contributed by atoms with Gasteiger partial charge in [-0.05, 0) is 26.7 Å². The summed E-state index contributed by atoms with van der Waals surface area (Å²) in [6.07, 6.45) is 3.83. The van der Waals surface area contributed by atoms with Crippen molar-refractivity contribution in [1.82, 2.24) is 14.4 Å². The monoisotopic (exact) mass is 343 g/mol. The average molecular weight is 343 g/mol. The van der Waals surface area contributed by atoms with E-state index < -0.39 is 10.0 Å². The van der Waals surface area contributed by atoms with Crippen molar-refractivity contribution in [3.63, 3.8) is 0 Å². The molecule has 1 aromatic heterocycles. The first-order chi connectivity index (χ1) is 10.8. The summed E-state index contributed by atoms with van der Waals surface area (Å²) in [4.78, 5) is 2.30. The molecule has 0 aliphatic carbocycles. The summed E-state index contributed by atoms with van der Waals surface area (Å²) in [7, 11) is -3.32. The Morgan fingerprint density at radius 2 is 2.04 bits per heavy atom. The van der Waals surface area contributed by atoms with E-state index in [4.69, 9.17) is 9.26 Å². The number of piperazine rings is 1. The maximum atomic E-state index is 12.4. The molecule has 0 radical (unpaired) electrons. The number of aromatic nitrogens is 1. The molecule has 2 fully saturated rings. The lowest BCUT2D eigenvalue weighted by molar-refractivity contribution is -0.0313. The van der Waals surface area contributed by atoms with E-state index in [0.717, 1.165) is 32.5 Å². The van der Waals surface area contributed by atoms with Crippen LogP contribution >= 0.6 is 0 Å². The third kappa shape index (κ3) is 4.32. The molecule has 130 valence electrons. The minimum absolute atomic E-state index is 0.0204. The summed E-state index contributed by atoms with van der Waals surface area (Å²) in [6, 6.07) is 1.59. The van der Waals surface area contributed by atoms with E-state index >= 15 is 0 Å². The summed E-state index contributed by atoms with van der Waals surface area (Å²) < 4.78 is 37.1. The van der Waals surface area contributed by atoms with Gasteiger partial charge in [0.1, 0.15) is 12.0 Å². The van der Waals surface area contributed by atoms with E-state index in [1.807, 2.05) is 0 Å². The van der Waals surface area contributed by atoms with Crippen LogP contribution in [-0.4, -0.2) is 67.2 Å². The lowest BCUT2D eigenvalue weighted by Gasteiger charge is -2.35. The third-order valence-electron chi connectivity index (χ3n) is 4.56. The Labute approximate surface area is 137 Å². The van der Waals surface area contributed by atoms with E-state index in [-0.39, 0.29) is 17.5 Å². The van der Waals surface area contributed by atoms with Crippen molar-refractivity contribution >= 4 is 10.0 Å². The minimum atomic E-state index is -3.32. The average Bonchev–Trinajstić information content (AvgIpc) is 3.09. The lowest BCUT2D eigenvalue weighted by Crippen LogP contribution is -2.50. The summed E-state index contributed by atoms with van der Waals surface area (Å²) in [5.41, 5.74) is 0.432. The topological polar surface area (TPSA) is 75.9 Å². The molecule has 0 N–H and O–H groups in total. The van der Waals surface area contributed by atoms with E-state index in [9.17, 15) is 8.42 Å². The number of sulfonamides is 1. The molecule has 3 rings (SSSR count). The van der Waals surface area contributed by atoms with Crippen LogP contribution in [0.25, 0.3) is 0 Å². The van der Waals surface area contributed by atoms with E-state index in [1.165, 1.54) is 6.26 Å². The molecule has 2 aliphatic heterocycles. The number of nitrogens with zero attached hydrogens (tertiary/aromatic N) is 3. The maximum absolute atomic E-state index is 12.4. The first kappa shape index (κ1) is 16.9. The molecule has 0 saturated carbocycles. The van der Waals surface area contributed by atoms with Crippen LogP contribution < -0.4 is 0 Å². The van der Waals surface area contributed by atoms with Gasteiger partial charge >= 0.3 is 0 Å². The van der Waals surface area contributed by atoms with Crippen LogP contribution in [-0.2, 0) is 20.5 Å². The van der Waals surface area contributed by atoms with Gasteiger partial charge in [-0.3, -0.25) is 4.90 Å². The zero-order valence-corrected chi connectivity index (χ0v) is 14.6. The lowest BCUT2D eigenvalue weighted by atomic mass is 10.1. The van der Waals surface area contributed by atoms with Crippen LogP contribution in [0.2, 0.25) is 0 Å². The van der Waals surface area contributed by atoms with E-state index in [2.05, 4.69) is 23.9 Å². The van der Waals surface area contributed by atoms with Gasteiger partial charge in [-0.2, -0.15) is 4.31 Å². The SMILES string of the molecule is CC1(C)CC[C@H](CN2CCN(S(=O)(=O)Cc3ccon3)CC2)O1. The van der Waals surface area contributed by atoms with Crippen LogP contribution in [0.15, 0.2) is 16.9 Å². The summed E-state index contributed by atoms with van der Waals surface area (Å²) in [6.45, 7) is 7.69. The summed E-state index contributed by atoms with van der Waals surface area (Å²) >= 11 is 0. The van der Waals surface area contributed by atoms with Gasteiger partial charge in [-0.25, -0.2) is 8.42 Å². The highest BCUT2D eigenvalue weighted by atomic mass is 32.2. The first-order valence-electron chi connectivity index (χ1n) is 8.11. The Hall–Kier alpha value is -0.960. The molecule has 7 nitrogen and oxygen atoms in total. The third-order valence-corrected chi connectivity index (χ3v) is 6.37. The van der Waals surface area contributed by atoms with E-state index in [0.29, 0.717) is 18.8 Å². The maximum Gasteiger partial charge on any atom is 0.220 e. The fourth-order valence-electron chi connectivity index (χ4n) is 3.27. The van der Waals surface area contributed by atoms with Crippen LogP contribution in [0.3, 0.4) is 0 Å². The molecular formula is C15H25N3O4S. The van der Waals surface area contributed by atoms with Gasteiger partial charge in [0, 0.05) is 38.8 Å². The summed E-state index contributed by atoms with van der Waals surface area (Å²) in [5, 5.41) is 3.69. The molecule has 8 heteroatoms. The molecular weight excluding hydrogens is 318 g/mol. The van der Waals surface area contributed by atoms with Crippen molar-refractivity contribution in [1.29, 1.82) is 0 Å². The highest BCUT2D eigenvalue weighted by molar-refractivity contribution is 7.88. The standard InChI is InChI=1S/C15H25N3O4S/c1-15(2)5-3-14(22-15)11-17-6-8-18(9-7-17)23(19,20)12-13-4-10-21-16-13/h4,10,14H,3,5-9,11-12H2,1-2H3/t14-/m1/s1. The zero-order chi connectivity index (χ0) is 16.5. The second-order valence-electron chi connectivity index (χ2n) is 6.98. The van der Waals surface area contributed by atoms with Crippen LogP contribution in [0.1, 0.15) is 32.4 Å². The molecule has 2 saturated heterocycles. The molecule has 0 bridgehead atoms. The highest BCUT2D eigenvalue weighted by Crippen LogP contribution is 2.29. The van der Waals surface area contributed by atoms with Crippen molar-refractivity contribution in [2.45, 2.75) is 44.1 Å². The second-order valence-corrected chi connectivity index (χ2v) is 8.95. The number of rotatable bonds is 5. The predicted octanol–water partition coefficient (Wildman–Crippen LogP) is 1.08. The number of ether oxygens (including phenoxy) is 1. The normalized spacial score (nSPS) is 26.6.